The summed E-state index contributed by atoms with van der Waals surface area (Å²) in [5.41, 5.74) is 5.96. The maximum Gasteiger partial charge on any atom is 0.224 e. The van der Waals surface area contributed by atoms with E-state index in [1.165, 1.54) is 18.2 Å². The molecule has 0 radical (unpaired) electrons. The lowest BCUT2D eigenvalue weighted by atomic mass is 10.2. The fraction of sp³-hybridized carbons (Fsp3) is 0.500. The fourth-order valence-electron chi connectivity index (χ4n) is 1.53. The molecule has 0 atom stereocenters. The van der Waals surface area contributed by atoms with E-state index in [4.69, 9.17) is 10.5 Å². The van der Waals surface area contributed by atoms with Crippen molar-refractivity contribution in [2.75, 3.05) is 24.3 Å². The van der Waals surface area contributed by atoms with E-state index in [0.717, 1.165) is 19.4 Å². The smallest absolute Gasteiger partial charge is 0.224 e. The van der Waals surface area contributed by atoms with Crippen LogP contribution in [0.4, 0.5) is 15.8 Å². The number of nitrogen functional groups attached to an aromatic ring is 1. The molecule has 0 aliphatic heterocycles. The zero-order valence-corrected chi connectivity index (χ0v) is 11.2. The molecule has 0 fully saturated rings. The molecular weight excluding hydrogens is 247 g/mol. The number of rotatable bonds is 8. The number of amides is 1. The Morgan fingerprint density at radius 1 is 1.37 bits per heavy atom. The molecule has 0 saturated carbocycles. The Morgan fingerprint density at radius 3 is 2.79 bits per heavy atom. The lowest BCUT2D eigenvalue weighted by Crippen LogP contribution is -2.12. The van der Waals surface area contributed by atoms with Gasteiger partial charge in [0.05, 0.1) is 5.69 Å². The van der Waals surface area contributed by atoms with Crippen molar-refractivity contribution in [3.63, 3.8) is 0 Å². The van der Waals surface area contributed by atoms with E-state index in [1.807, 2.05) is 0 Å². The molecule has 0 bridgehead atoms. The number of carbonyl (C=O) groups is 1. The first-order valence-electron chi connectivity index (χ1n) is 6.56. The van der Waals surface area contributed by atoms with Gasteiger partial charge in [-0.1, -0.05) is 13.3 Å². The van der Waals surface area contributed by atoms with Crippen LogP contribution in [-0.4, -0.2) is 19.1 Å². The molecular formula is C14H21FN2O2. The van der Waals surface area contributed by atoms with Gasteiger partial charge in [-0.2, -0.15) is 0 Å². The van der Waals surface area contributed by atoms with Crippen LogP contribution < -0.4 is 11.1 Å². The molecule has 4 nitrogen and oxygen atoms in total. The highest BCUT2D eigenvalue weighted by Crippen LogP contribution is 2.16. The molecule has 0 aliphatic carbocycles. The predicted molar refractivity (Wildman–Crippen MR) is 74.4 cm³/mol. The number of carbonyl (C=O) groups excluding carboxylic acids is 1. The molecule has 3 N–H and O–H groups in total. The van der Waals surface area contributed by atoms with Gasteiger partial charge in [0.25, 0.3) is 0 Å². The van der Waals surface area contributed by atoms with Crippen LogP contribution in [0.3, 0.4) is 0 Å². The number of nitrogens with one attached hydrogen (secondary N) is 1. The highest BCUT2D eigenvalue weighted by molar-refractivity contribution is 5.91. The predicted octanol–water partition coefficient (Wildman–Crippen LogP) is 2.94. The summed E-state index contributed by atoms with van der Waals surface area (Å²) in [6.07, 6.45) is 3.20. The number of hydrogen-bond acceptors (Lipinski definition) is 3. The summed E-state index contributed by atoms with van der Waals surface area (Å²) in [6.45, 7) is 3.43. The van der Waals surface area contributed by atoms with Crippen molar-refractivity contribution in [1.29, 1.82) is 0 Å². The summed E-state index contributed by atoms with van der Waals surface area (Å²) in [6, 6.07) is 4.13. The second-order valence-electron chi connectivity index (χ2n) is 4.35. The van der Waals surface area contributed by atoms with Gasteiger partial charge in [0.15, 0.2) is 0 Å². The van der Waals surface area contributed by atoms with Crippen LogP contribution in [0.2, 0.25) is 0 Å². The second-order valence-corrected chi connectivity index (χ2v) is 4.35. The second kappa shape index (κ2) is 8.48. The van der Waals surface area contributed by atoms with E-state index in [1.54, 1.807) is 0 Å². The number of halogens is 1. The molecule has 1 aromatic rings. The number of unbranched alkanes of at least 4 members (excludes halogenated alkanes) is 1. The van der Waals surface area contributed by atoms with Gasteiger partial charge in [-0.05, 0) is 31.0 Å². The van der Waals surface area contributed by atoms with Crippen molar-refractivity contribution in [2.45, 2.75) is 32.6 Å². The lowest BCUT2D eigenvalue weighted by molar-refractivity contribution is -0.116. The molecule has 1 rings (SSSR count). The SMILES string of the molecule is CCCCOCCCC(=O)Nc1ccc(F)c(N)c1. The maximum absolute atomic E-state index is 12.9. The van der Waals surface area contributed by atoms with Crippen LogP contribution in [0.15, 0.2) is 18.2 Å². The third-order valence-corrected chi connectivity index (χ3v) is 2.61. The average molecular weight is 268 g/mol. The zero-order chi connectivity index (χ0) is 14.1. The lowest BCUT2D eigenvalue weighted by Gasteiger charge is -2.07. The highest BCUT2D eigenvalue weighted by Gasteiger charge is 2.04. The Labute approximate surface area is 113 Å². The molecule has 0 spiro atoms. The first-order valence-corrected chi connectivity index (χ1v) is 6.56. The van der Waals surface area contributed by atoms with E-state index in [2.05, 4.69) is 12.2 Å². The third-order valence-electron chi connectivity index (χ3n) is 2.61. The Kier molecular flexibility index (Phi) is 6.89. The number of benzene rings is 1. The first-order chi connectivity index (χ1) is 9.13. The van der Waals surface area contributed by atoms with Gasteiger partial charge in [-0.15, -0.1) is 0 Å². The monoisotopic (exact) mass is 268 g/mol. The van der Waals surface area contributed by atoms with E-state index >= 15 is 0 Å². The minimum atomic E-state index is -0.484. The number of anilines is 2. The topological polar surface area (TPSA) is 64.3 Å². The van der Waals surface area contributed by atoms with Gasteiger partial charge in [-0.25, -0.2) is 4.39 Å². The van der Waals surface area contributed by atoms with Crippen molar-refractivity contribution >= 4 is 17.3 Å². The quantitative estimate of drug-likeness (QED) is 0.563. The Balaban J connectivity index is 2.21. The molecule has 0 aliphatic rings. The first kappa shape index (κ1) is 15.4. The van der Waals surface area contributed by atoms with Crippen molar-refractivity contribution in [1.82, 2.24) is 0 Å². The molecule has 0 heterocycles. The van der Waals surface area contributed by atoms with Crippen molar-refractivity contribution in [3.05, 3.63) is 24.0 Å². The normalized spacial score (nSPS) is 10.4. The summed E-state index contributed by atoms with van der Waals surface area (Å²) in [7, 11) is 0. The van der Waals surface area contributed by atoms with E-state index < -0.39 is 5.82 Å². The molecule has 19 heavy (non-hydrogen) atoms. The molecule has 1 amide bonds. The van der Waals surface area contributed by atoms with Gasteiger partial charge >= 0.3 is 0 Å². The average Bonchev–Trinajstić information content (AvgIpc) is 2.38. The Bertz CT molecular complexity index is 410. The van der Waals surface area contributed by atoms with E-state index in [9.17, 15) is 9.18 Å². The highest BCUT2D eigenvalue weighted by atomic mass is 19.1. The molecule has 1 aromatic carbocycles. The molecule has 0 saturated heterocycles. The Morgan fingerprint density at radius 2 is 2.11 bits per heavy atom. The summed E-state index contributed by atoms with van der Waals surface area (Å²) in [4.78, 5) is 11.6. The standard InChI is InChI=1S/C14H21FN2O2/c1-2-3-8-19-9-4-5-14(18)17-11-6-7-12(15)13(16)10-11/h6-7,10H,2-5,8-9,16H2,1H3,(H,17,18). The van der Waals surface area contributed by atoms with Gasteiger partial charge in [-0.3, -0.25) is 4.79 Å². The van der Waals surface area contributed by atoms with Crippen LogP contribution in [0.5, 0.6) is 0 Å². The van der Waals surface area contributed by atoms with Crippen LogP contribution in [0, 0.1) is 5.82 Å². The van der Waals surface area contributed by atoms with Crippen LogP contribution >= 0.6 is 0 Å². The molecule has 0 aromatic heterocycles. The van der Waals surface area contributed by atoms with E-state index in [0.29, 0.717) is 25.1 Å². The van der Waals surface area contributed by atoms with E-state index in [-0.39, 0.29) is 11.6 Å². The number of ether oxygens (including phenoxy) is 1. The van der Waals surface area contributed by atoms with Crippen LogP contribution in [0.1, 0.15) is 32.6 Å². The largest absolute Gasteiger partial charge is 0.396 e. The zero-order valence-electron chi connectivity index (χ0n) is 11.2. The van der Waals surface area contributed by atoms with Gasteiger partial charge in [0.2, 0.25) is 5.91 Å². The number of nitrogens with two attached hydrogens (primary N) is 1. The molecule has 0 unspecified atom stereocenters. The van der Waals surface area contributed by atoms with Gasteiger partial charge < -0.3 is 15.8 Å². The van der Waals surface area contributed by atoms with Crippen LogP contribution in [-0.2, 0) is 9.53 Å². The molecule has 106 valence electrons. The van der Waals surface area contributed by atoms with Crippen LogP contribution in [0.25, 0.3) is 0 Å². The summed E-state index contributed by atoms with van der Waals surface area (Å²) in [5.74, 6) is -0.604. The maximum atomic E-state index is 12.9. The molecule has 5 heteroatoms. The number of hydrogen-bond donors (Lipinski definition) is 2. The minimum absolute atomic E-state index is 0.0284. The Hall–Kier alpha value is -1.62. The summed E-state index contributed by atoms with van der Waals surface area (Å²) < 4.78 is 18.3. The van der Waals surface area contributed by atoms with Crippen molar-refractivity contribution < 1.29 is 13.9 Å². The fourth-order valence-corrected chi connectivity index (χ4v) is 1.53. The van der Waals surface area contributed by atoms with Crippen molar-refractivity contribution in [3.8, 4) is 0 Å². The minimum Gasteiger partial charge on any atom is -0.396 e. The summed E-state index contributed by atoms with van der Waals surface area (Å²) >= 11 is 0. The van der Waals surface area contributed by atoms with Gasteiger partial charge in [0.1, 0.15) is 5.82 Å². The van der Waals surface area contributed by atoms with Gasteiger partial charge in [0, 0.05) is 25.3 Å². The third kappa shape index (κ3) is 6.20. The van der Waals surface area contributed by atoms with Crippen molar-refractivity contribution in [2.24, 2.45) is 0 Å². The summed E-state index contributed by atoms with van der Waals surface area (Å²) in [5, 5.41) is 2.67.